The molecule has 0 spiro atoms. The van der Waals surface area contributed by atoms with Crippen molar-refractivity contribution in [3.8, 4) is 5.75 Å². The SMILES string of the molecule is C=CCNC(=NCc1nnc(C)n1C)N1CCC(Oc2ccccc2)CC1.I. The van der Waals surface area contributed by atoms with Gasteiger partial charge < -0.3 is 19.5 Å². The molecule has 1 N–H and O–H groups in total. The molecule has 0 aliphatic carbocycles. The van der Waals surface area contributed by atoms with Crippen LogP contribution >= 0.6 is 24.0 Å². The molecule has 0 atom stereocenters. The molecule has 0 saturated carbocycles. The Hall–Kier alpha value is -2.10. The number of hydrogen-bond donors (Lipinski definition) is 1. The number of aliphatic imine (C=N–C) groups is 1. The second-order valence-corrected chi connectivity index (χ2v) is 6.65. The Morgan fingerprint density at radius 1 is 1.29 bits per heavy atom. The summed E-state index contributed by atoms with van der Waals surface area (Å²) in [6.07, 6.45) is 4.01. The number of hydrogen-bond acceptors (Lipinski definition) is 4. The van der Waals surface area contributed by atoms with E-state index in [4.69, 9.17) is 9.73 Å². The minimum atomic E-state index is 0. The van der Waals surface area contributed by atoms with E-state index in [9.17, 15) is 0 Å². The zero-order valence-electron chi connectivity index (χ0n) is 16.5. The Morgan fingerprint density at radius 2 is 2.00 bits per heavy atom. The predicted octanol–water partition coefficient (Wildman–Crippen LogP) is 2.92. The van der Waals surface area contributed by atoms with Gasteiger partial charge in [-0.05, 0) is 19.1 Å². The van der Waals surface area contributed by atoms with E-state index in [2.05, 4.69) is 27.0 Å². The van der Waals surface area contributed by atoms with Crippen molar-refractivity contribution in [1.29, 1.82) is 0 Å². The molecule has 152 valence electrons. The maximum atomic E-state index is 6.09. The molecule has 1 aromatic heterocycles. The van der Waals surface area contributed by atoms with Crippen LogP contribution in [-0.4, -0.2) is 51.4 Å². The number of likely N-dealkylation sites (tertiary alicyclic amines) is 1. The number of para-hydroxylation sites is 1. The summed E-state index contributed by atoms with van der Waals surface area (Å²) in [6, 6.07) is 10.0. The van der Waals surface area contributed by atoms with Crippen molar-refractivity contribution in [3.63, 3.8) is 0 Å². The minimum Gasteiger partial charge on any atom is -0.490 e. The van der Waals surface area contributed by atoms with Crippen molar-refractivity contribution < 1.29 is 4.74 Å². The van der Waals surface area contributed by atoms with Crippen LogP contribution in [0.25, 0.3) is 0 Å². The maximum Gasteiger partial charge on any atom is 0.194 e. The molecular weight excluding hydrogens is 467 g/mol. The summed E-state index contributed by atoms with van der Waals surface area (Å²) < 4.78 is 8.05. The van der Waals surface area contributed by atoms with Crippen molar-refractivity contribution in [1.82, 2.24) is 25.0 Å². The summed E-state index contributed by atoms with van der Waals surface area (Å²) in [5, 5.41) is 11.6. The highest BCUT2D eigenvalue weighted by atomic mass is 127. The van der Waals surface area contributed by atoms with Crippen LogP contribution in [0.4, 0.5) is 0 Å². The Bertz CT molecular complexity index is 768. The van der Waals surface area contributed by atoms with Gasteiger partial charge in [0.05, 0.1) is 0 Å². The Balaban J connectivity index is 0.00000280. The van der Waals surface area contributed by atoms with Gasteiger partial charge in [0.2, 0.25) is 0 Å². The van der Waals surface area contributed by atoms with Crippen LogP contribution in [0.3, 0.4) is 0 Å². The molecule has 0 amide bonds. The van der Waals surface area contributed by atoms with E-state index in [0.717, 1.165) is 49.3 Å². The number of rotatable bonds is 6. The highest BCUT2D eigenvalue weighted by Gasteiger charge is 2.23. The summed E-state index contributed by atoms with van der Waals surface area (Å²) in [4.78, 5) is 7.03. The van der Waals surface area contributed by atoms with Crippen molar-refractivity contribution in [2.75, 3.05) is 19.6 Å². The number of benzene rings is 1. The molecule has 28 heavy (non-hydrogen) atoms. The number of guanidine groups is 1. The molecule has 7 nitrogen and oxygen atoms in total. The summed E-state index contributed by atoms with van der Waals surface area (Å²) in [7, 11) is 1.96. The molecular formula is C20H29IN6O. The molecule has 1 aromatic carbocycles. The molecule has 1 fully saturated rings. The highest BCUT2D eigenvalue weighted by Crippen LogP contribution is 2.18. The van der Waals surface area contributed by atoms with Crippen molar-refractivity contribution >= 4 is 29.9 Å². The molecule has 2 aromatic rings. The fourth-order valence-corrected chi connectivity index (χ4v) is 3.04. The van der Waals surface area contributed by atoms with Crippen LogP contribution in [0.15, 0.2) is 48.0 Å². The van der Waals surface area contributed by atoms with Crippen LogP contribution in [0.5, 0.6) is 5.75 Å². The number of aromatic nitrogens is 3. The van der Waals surface area contributed by atoms with E-state index >= 15 is 0 Å². The second kappa shape index (κ2) is 11.0. The van der Waals surface area contributed by atoms with E-state index in [0.29, 0.717) is 13.1 Å². The topological polar surface area (TPSA) is 67.6 Å². The molecule has 0 bridgehead atoms. The lowest BCUT2D eigenvalue weighted by molar-refractivity contribution is 0.129. The van der Waals surface area contributed by atoms with Crippen LogP contribution in [0.2, 0.25) is 0 Å². The van der Waals surface area contributed by atoms with Crippen molar-refractivity contribution in [3.05, 3.63) is 54.6 Å². The van der Waals surface area contributed by atoms with E-state index in [-0.39, 0.29) is 30.1 Å². The Morgan fingerprint density at radius 3 is 2.61 bits per heavy atom. The molecule has 1 aliphatic rings. The summed E-state index contributed by atoms with van der Waals surface area (Å²) in [6.45, 7) is 8.71. The number of ether oxygens (including phenoxy) is 1. The number of halogens is 1. The molecule has 1 saturated heterocycles. The molecule has 8 heteroatoms. The lowest BCUT2D eigenvalue weighted by Gasteiger charge is -2.34. The van der Waals surface area contributed by atoms with E-state index in [1.807, 2.05) is 54.9 Å². The zero-order chi connectivity index (χ0) is 19.1. The number of nitrogens with one attached hydrogen (secondary N) is 1. The molecule has 0 radical (unpaired) electrons. The third-order valence-corrected chi connectivity index (χ3v) is 4.74. The largest absolute Gasteiger partial charge is 0.490 e. The third kappa shape index (κ3) is 5.95. The number of aryl methyl sites for hydroxylation is 1. The smallest absolute Gasteiger partial charge is 0.194 e. The third-order valence-electron chi connectivity index (χ3n) is 4.74. The van der Waals surface area contributed by atoms with Gasteiger partial charge in [0.1, 0.15) is 24.2 Å². The first kappa shape index (κ1) is 22.2. The average molecular weight is 496 g/mol. The van der Waals surface area contributed by atoms with Gasteiger partial charge in [-0.2, -0.15) is 0 Å². The summed E-state index contributed by atoms with van der Waals surface area (Å²) >= 11 is 0. The first-order valence-electron chi connectivity index (χ1n) is 9.38. The van der Waals surface area contributed by atoms with Gasteiger partial charge in [-0.25, -0.2) is 4.99 Å². The van der Waals surface area contributed by atoms with E-state index < -0.39 is 0 Å². The number of nitrogens with zero attached hydrogens (tertiary/aromatic N) is 5. The molecule has 1 aliphatic heterocycles. The van der Waals surface area contributed by atoms with Gasteiger partial charge in [0.25, 0.3) is 0 Å². The molecule has 3 rings (SSSR count). The Kier molecular flexibility index (Phi) is 8.75. The van der Waals surface area contributed by atoms with Crippen LogP contribution in [0.1, 0.15) is 24.5 Å². The zero-order valence-corrected chi connectivity index (χ0v) is 18.9. The van der Waals surface area contributed by atoms with Gasteiger partial charge in [-0.1, -0.05) is 24.3 Å². The second-order valence-electron chi connectivity index (χ2n) is 6.65. The molecule has 2 heterocycles. The van der Waals surface area contributed by atoms with Gasteiger partial charge >= 0.3 is 0 Å². The fourth-order valence-electron chi connectivity index (χ4n) is 3.04. The normalized spacial score (nSPS) is 15.1. The van der Waals surface area contributed by atoms with Crippen molar-refractivity contribution in [2.45, 2.75) is 32.4 Å². The lowest BCUT2D eigenvalue weighted by Crippen LogP contribution is -2.47. The maximum absolute atomic E-state index is 6.09. The fraction of sp³-hybridized carbons (Fsp3) is 0.450. The summed E-state index contributed by atoms with van der Waals surface area (Å²) in [5.74, 6) is 3.56. The van der Waals surface area contributed by atoms with Gasteiger partial charge in [0.15, 0.2) is 11.8 Å². The average Bonchev–Trinajstić information content (AvgIpc) is 3.02. The van der Waals surface area contributed by atoms with Gasteiger partial charge in [-0.3, -0.25) is 0 Å². The van der Waals surface area contributed by atoms with E-state index in [1.165, 1.54) is 0 Å². The van der Waals surface area contributed by atoms with Crippen LogP contribution < -0.4 is 10.1 Å². The standard InChI is InChI=1S/C20H28N6O.HI/c1-4-12-21-20(22-15-19-24-23-16(2)25(19)3)26-13-10-18(11-14-26)27-17-8-6-5-7-9-17;/h4-9,18H,1,10-15H2,2-3H3,(H,21,22);1H. The van der Waals surface area contributed by atoms with Crippen LogP contribution in [-0.2, 0) is 13.6 Å². The first-order valence-corrected chi connectivity index (χ1v) is 9.38. The van der Waals surface area contributed by atoms with Gasteiger partial charge in [0, 0.05) is 39.5 Å². The quantitative estimate of drug-likeness (QED) is 0.289. The predicted molar refractivity (Wildman–Crippen MR) is 122 cm³/mol. The highest BCUT2D eigenvalue weighted by molar-refractivity contribution is 14.0. The lowest BCUT2D eigenvalue weighted by atomic mass is 10.1. The monoisotopic (exact) mass is 496 g/mol. The van der Waals surface area contributed by atoms with Crippen LogP contribution in [0, 0.1) is 6.92 Å². The van der Waals surface area contributed by atoms with E-state index in [1.54, 1.807) is 0 Å². The first-order chi connectivity index (χ1) is 13.2. The minimum absolute atomic E-state index is 0. The van der Waals surface area contributed by atoms with Gasteiger partial charge in [-0.15, -0.1) is 40.8 Å². The molecule has 0 unspecified atom stereocenters. The Labute approximate surface area is 183 Å². The number of piperidine rings is 1. The van der Waals surface area contributed by atoms with Crippen molar-refractivity contribution in [2.24, 2.45) is 12.0 Å². The summed E-state index contributed by atoms with van der Waals surface area (Å²) in [5.41, 5.74) is 0.